The van der Waals surface area contributed by atoms with E-state index in [1.165, 1.54) is 6.07 Å². The van der Waals surface area contributed by atoms with E-state index in [1.54, 1.807) is 36.4 Å². The Labute approximate surface area is 126 Å². The van der Waals surface area contributed by atoms with Crippen LogP contribution < -0.4 is 0 Å². The lowest BCUT2D eigenvalue weighted by Gasteiger charge is -2.13. The van der Waals surface area contributed by atoms with E-state index in [-0.39, 0.29) is 17.2 Å². The van der Waals surface area contributed by atoms with E-state index in [0.717, 1.165) is 5.56 Å². The van der Waals surface area contributed by atoms with Crippen molar-refractivity contribution in [2.45, 2.75) is 12.3 Å². The topological polar surface area (TPSA) is 57.5 Å². The van der Waals surface area contributed by atoms with Crippen LogP contribution in [0.25, 0.3) is 0 Å². The molecule has 2 aromatic carbocycles. The van der Waals surface area contributed by atoms with Crippen LogP contribution >= 0.6 is 23.2 Å². The maximum absolute atomic E-state index is 11.4. The van der Waals surface area contributed by atoms with Gasteiger partial charge in [-0.2, -0.15) is 0 Å². The van der Waals surface area contributed by atoms with Gasteiger partial charge in [-0.25, -0.2) is 0 Å². The number of rotatable bonds is 4. The monoisotopic (exact) mass is 310 g/mol. The molecular weight excluding hydrogens is 299 g/mol. The summed E-state index contributed by atoms with van der Waals surface area (Å²) in [6.07, 6.45) is 0.289. The molecule has 0 amide bonds. The van der Waals surface area contributed by atoms with Crippen LogP contribution in [-0.2, 0) is 11.2 Å². The summed E-state index contributed by atoms with van der Waals surface area (Å²) >= 11 is 11.6. The number of hydrogen-bond acceptors (Lipinski definition) is 2. The van der Waals surface area contributed by atoms with Gasteiger partial charge in [0.25, 0.3) is 0 Å². The molecule has 1 unspecified atom stereocenters. The first-order valence-electron chi connectivity index (χ1n) is 5.93. The number of phenols is 1. The minimum absolute atomic E-state index is 0.0196. The van der Waals surface area contributed by atoms with Crippen molar-refractivity contribution in [1.29, 1.82) is 0 Å². The Kier molecular flexibility index (Phi) is 4.53. The van der Waals surface area contributed by atoms with Crippen molar-refractivity contribution in [2.24, 2.45) is 0 Å². The maximum atomic E-state index is 11.4. The predicted molar refractivity (Wildman–Crippen MR) is 78.6 cm³/mol. The lowest BCUT2D eigenvalue weighted by molar-refractivity contribution is -0.138. The molecule has 104 valence electrons. The molecule has 0 bridgehead atoms. The predicted octanol–water partition coefficient (Wildman–Crippen LogP) is 4.11. The van der Waals surface area contributed by atoms with Crippen LogP contribution in [0.1, 0.15) is 17.0 Å². The van der Waals surface area contributed by atoms with Crippen LogP contribution in [-0.4, -0.2) is 16.2 Å². The minimum atomic E-state index is -0.920. The number of aliphatic carboxylic acids is 1. The van der Waals surface area contributed by atoms with Gasteiger partial charge in [0.1, 0.15) is 5.75 Å². The first-order chi connectivity index (χ1) is 9.47. The third-order valence-electron chi connectivity index (χ3n) is 3.02. The normalized spacial score (nSPS) is 12.1. The van der Waals surface area contributed by atoms with Crippen molar-refractivity contribution in [3.05, 3.63) is 63.6 Å². The third-order valence-corrected chi connectivity index (χ3v) is 3.58. The Morgan fingerprint density at radius 2 is 1.75 bits per heavy atom. The lowest BCUT2D eigenvalue weighted by atomic mass is 9.92. The van der Waals surface area contributed by atoms with Gasteiger partial charge < -0.3 is 10.2 Å². The summed E-state index contributed by atoms with van der Waals surface area (Å²) < 4.78 is 0. The fourth-order valence-corrected chi connectivity index (χ4v) is 2.29. The second-order valence-corrected chi connectivity index (χ2v) is 5.28. The van der Waals surface area contributed by atoms with Crippen LogP contribution in [0.2, 0.25) is 10.0 Å². The number of carboxylic acids is 1. The number of hydrogen-bond donors (Lipinski definition) is 2. The summed E-state index contributed by atoms with van der Waals surface area (Å²) in [7, 11) is 0. The fourth-order valence-electron chi connectivity index (χ4n) is 1.96. The van der Waals surface area contributed by atoms with E-state index in [2.05, 4.69) is 0 Å². The molecule has 0 aliphatic rings. The van der Waals surface area contributed by atoms with Gasteiger partial charge in [-0.3, -0.25) is 4.79 Å². The first kappa shape index (κ1) is 14.7. The summed E-state index contributed by atoms with van der Waals surface area (Å²) in [6.45, 7) is 0. The fraction of sp³-hybridized carbons (Fsp3) is 0.133. The van der Waals surface area contributed by atoms with E-state index >= 15 is 0 Å². The van der Waals surface area contributed by atoms with E-state index < -0.39 is 11.9 Å². The Hall–Kier alpha value is -1.71. The van der Waals surface area contributed by atoms with Gasteiger partial charge >= 0.3 is 5.97 Å². The molecule has 0 radical (unpaired) electrons. The average Bonchev–Trinajstić information content (AvgIpc) is 2.41. The van der Waals surface area contributed by atoms with Crippen molar-refractivity contribution < 1.29 is 15.0 Å². The highest BCUT2D eigenvalue weighted by atomic mass is 35.5. The SMILES string of the molecule is O=C(O)C(Cc1ccc(O)c(Cl)c1)c1ccc(Cl)cc1. The molecule has 5 heteroatoms. The molecule has 0 aliphatic carbocycles. The molecule has 0 aromatic heterocycles. The van der Waals surface area contributed by atoms with Crippen LogP contribution in [0.15, 0.2) is 42.5 Å². The Morgan fingerprint density at radius 3 is 2.30 bits per heavy atom. The van der Waals surface area contributed by atoms with Crippen molar-refractivity contribution in [3.63, 3.8) is 0 Å². The number of carbonyl (C=O) groups is 1. The highest BCUT2D eigenvalue weighted by Gasteiger charge is 2.20. The van der Waals surface area contributed by atoms with Crippen molar-refractivity contribution in [2.75, 3.05) is 0 Å². The zero-order valence-corrected chi connectivity index (χ0v) is 11.9. The van der Waals surface area contributed by atoms with Crippen LogP contribution in [0.4, 0.5) is 0 Å². The quantitative estimate of drug-likeness (QED) is 0.893. The largest absolute Gasteiger partial charge is 0.506 e. The number of aromatic hydroxyl groups is 1. The van der Waals surface area contributed by atoms with E-state index in [0.29, 0.717) is 10.6 Å². The van der Waals surface area contributed by atoms with Gasteiger partial charge in [-0.1, -0.05) is 41.4 Å². The van der Waals surface area contributed by atoms with Gasteiger partial charge in [0.05, 0.1) is 10.9 Å². The van der Waals surface area contributed by atoms with Gasteiger partial charge in [0.15, 0.2) is 0 Å². The molecule has 0 aliphatic heterocycles. The lowest BCUT2D eigenvalue weighted by Crippen LogP contribution is -2.14. The molecule has 0 heterocycles. The van der Waals surface area contributed by atoms with Crippen LogP contribution in [0.3, 0.4) is 0 Å². The highest BCUT2D eigenvalue weighted by Crippen LogP contribution is 2.28. The third kappa shape index (κ3) is 3.44. The molecule has 0 saturated heterocycles. The van der Waals surface area contributed by atoms with E-state index in [9.17, 15) is 15.0 Å². The Morgan fingerprint density at radius 1 is 1.10 bits per heavy atom. The summed E-state index contributed by atoms with van der Waals surface area (Å²) in [5, 5.41) is 19.5. The van der Waals surface area contributed by atoms with Gasteiger partial charge in [-0.05, 0) is 41.8 Å². The Balaban J connectivity index is 2.27. The molecular formula is C15H12Cl2O3. The van der Waals surface area contributed by atoms with Gasteiger partial charge in [0.2, 0.25) is 0 Å². The second kappa shape index (κ2) is 6.16. The van der Waals surface area contributed by atoms with Crippen LogP contribution in [0, 0.1) is 0 Å². The molecule has 0 spiro atoms. The average molecular weight is 311 g/mol. The molecule has 1 atom stereocenters. The zero-order chi connectivity index (χ0) is 14.7. The maximum Gasteiger partial charge on any atom is 0.311 e. The number of benzene rings is 2. The molecule has 20 heavy (non-hydrogen) atoms. The molecule has 2 aromatic rings. The molecule has 3 nitrogen and oxygen atoms in total. The summed E-state index contributed by atoms with van der Waals surface area (Å²) in [5.74, 6) is -1.63. The van der Waals surface area contributed by atoms with Gasteiger partial charge in [-0.15, -0.1) is 0 Å². The highest BCUT2D eigenvalue weighted by molar-refractivity contribution is 6.32. The van der Waals surface area contributed by atoms with E-state index in [1.807, 2.05) is 0 Å². The van der Waals surface area contributed by atoms with Gasteiger partial charge in [0, 0.05) is 5.02 Å². The van der Waals surface area contributed by atoms with Crippen molar-refractivity contribution >= 4 is 29.2 Å². The molecule has 2 rings (SSSR count). The number of phenolic OH excluding ortho intramolecular Hbond substituents is 1. The summed E-state index contributed by atoms with van der Waals surface area (Å²) in [6, 6.07) is 11.4. The van der Waals surface area contributed by atoms with E-state index in [4.69, 9.17) is 23.2 Å². The molecule has 0 fully saturated rings. The summed E-state index contributed by atoms with van der Waals surface area (Å²) in [4.78, 5) is 11.4. The van der Waals surface area contributed by atoms with Crippen molar-refractivity contribution in [3.8, 4) is 5.75 Å². The zero-order valence-electron chi connectivity index (χ0n) is 10.4. The number of carboxylic acid groups (broad SMARTS) is 1. The summed E-state index contributed by atoms with van der Waals surface area (Å²) in [5.41, 5.74) is 1.42. The first-order valence-corrected chi connectivity index (χ1v) is 6.68. The van der Waals surface area contributed by atoms with Crippen LogP contribution in [0.5, 0.6) is 5.75 Å². The Bertz CT molecular complexity index is 624. The second-order valence-electron chi connectivity index (χ2n) is 4.43. The standard InChI is InChI=1S/C15H12Cl2O3/c16-11-4-2-10(3-5-11)12(15(19)20)7-9-1-6-14(18)13(17)8-9/h1-6,8,12,18H,7H2,(H,19,20). The molecule has 0 saturated carbocycles. The minimum Gasteiger partial charge on any atom is -0.506 e. The van der Waals surface area contributed by atoms with Crippen molar-refractivity contribution in [1.82, 2.24) is 0 Å². The number of halogens is 2. The molecule has 2 N–H and O–H groups in total. The smallest absolute Gasteiger partial charge is 0.311 e.